The van der Waals surface area contributed by atoms with Crippen molar-refractivity contribution in [3.05, 3.63) is 62.8 Å². The Hall–Kier alpha value is -2.39. The van der Waals surface area contributed by atoms with Crippen molar-refractivity contribution in [1.29, 1.82) is 0 Å². The van der Waals surface area contributed by atoms with Crippen LogP contribution in [0.25, 0.3) is 11.0 Å². The Morgan fingerprint density at radius 1 is 1.17 bits per heavy atom. The lowest BCUT2D eigenvalue weighted by molar-refractivity contribution is 0.164. The van der Waals surface area contributed by atoms with Gasteiger partial charge in [0.25, 0.3) is 5.56 Å². The van der Waals surface area contributed by atoms with Gasteiger partial charge in [-0.25, -0.2) is 4.39 Å². The standard InChI is InChI=1S/C25H26ClFN4O3.ClH/c26-18-12-29-20-1-2-22(32)31-14-16(23(18)24(20)31)13-30-5-3-17(4-6-30)28-11-15-9-19(27)25-21(10-15)33-7-8-34-25;/h1-2,9-10,12,16-17,28H,3-8,11,13-14H2;1H. The van der Waals surface area contributed by atoms with Crippen LogP contribution in [-0.2, 0) is 13.1 Å². The molecule has 10 heteroatoms. The van der Waals surface area contributed by atoms with Crippen molar-refractivity contribution in [1.82, 2.24) is 19.8 Å². The fourth-order valence-electron chi connectivity index (χ4n) is 5.45. The monoisotopic (exact) mass is 520 g/mol. The van der Waals surface area contributed by atoms with Gasteiger partial charge in [0.1, 0.15) is 13.2 Å². The first kappa shape index (κ1) is 24.3. The molecule has 0 bridgehead atoms. The van der Waals surface area contributed by atoms with Crippen molar-refractivity contribution in [2.75, 3.05) is 32.8 Å². The van der Waals surface area contributed by atoms with Gasteiger partial charge in [0.05, 0.1) is 16.1 Å². The highest BCUT2D eigenvalue weighted by atomic mass is 35.5. The molecule has 1 N–H and O–H groups in total. The molecule has 1 unspecified atom stereocenters. The van der Waals surface area contributed by atoms with E-state index in [4.69, 9.17) is 21.1 Å². The lowest BCUT2D eigenvalue weighted by atomic mass is 9.98. The second-order valence-electron chi connectivity index (χ2n) is 9.29. The van der Waals surface area contributed by atoms with Crippen LogP contribution in [0.1, 0.15) is 29.9 Å². The van der Waals surface area contributed by atoms with E-state index >= 15 is 0 Å². The molecule has 2 aromatic heterocycles. The maximum Gasteiger partial charge on any atom is 0.251 e. The van der Waals surface area contributed by atoms with Crippen LogP contribution in [0.3, 0.4) is 0 Å². The molecular formula is C25H27Cl2FN4O3. The van der Waals surface area contributed by atoms with E-state index in [0.29, 0.717) is 43.1 Å². The van der Waals surface area contributed by atoms with Crippen LogP contribution in [0, 0.1) is 5.82 Å². The van der Waals surface area contributed by atoms with Crippen LogP contribution < -0.4 is 20.3 Å². The number of halogens is 3. The van der Waals surface area contributed by atoms with E-state index in [0.717, 1.165) is 54.6 Å². The van der Waals surface area contributed by atoms with Crippen LogP contribution in [0.15, 0.2) is 35.3 Å². The van der Waals surface area contributed by atoms with Gasteiger partial charge in [-0.2, -0.15) is 0 Å². The van der Waals surface area contributed by atoms with E-state index < -0.39 is 0 Å². The van der Waals surface area contributed by atoms with Gasteiger partial charge >= 0.3 is 0 Å². The molecule has 3 aliphatic rings. The summed E-state index contributed by atoms with van der Waals surface area (Å²) in [6.45, 7) is 4.83. The second-order valence-corrected chi connectivity index (χ2v) is 9.70. The molecule has 0 aliphatic carbocycles. The van der Waals surface area contributed by atoms with Crippen LogP contribution >= 0.6 is 24.0 Å². The van der Waals surface area contributed by atoms with Crippen molar-refractivity contribution < 1.29 is 13.9 Å². The summed E-state index contributed by atoms with van der Waals surface area (Å²) in [5, 5.41) is 4.20. The van der Waals surface area contributed by atoms with Gasteiger partial charge in [-0.05, 0) is 49.7 Å². The number of ether oxygens (including phenoxy) is 2. The van der Waals surface area contributed by atoms with Crippen molar-refractivity contribution in [3.63, 3.8) is 0 Å². The Labute approximate surface area is 213 Å². The lowest BCUT2D eigenvalue weighted by Crippen LogP contribution is -2.43. The molecular weight excluding hydrogens is 494 g/mol. The summed E-state index contributed by atoms with van der Waals surface area (Å²) in [5.41, 5.74) is 3.60. The van der Waals surface area contributed by atoms with Gasteiger partial charge < -0.3 is 24.3 Å². The zero-order chi connectivity index (χ0) is 23.2. The first-order valence-electron chi connectivity index (χ1n) is 11.8. The molecule has 1 saturated heterocycles. The summed E-state index contributed by atoms with van der Waals surface area (Å²) in [6.07, 6.45) is 3.71. The zero-order valence-corrected chi connectivity index (χ0v) is 20.7. The second kappa shape index (κ2) is 9.93. The fraction of sp³-hybridized carbons (Fsp3) is 0.440. The normalized spacial score (nSPS) is 19.7. The summed E-state index contributed by atoms with van der Waals surface area (Å²) in [4.78, 5) is 19.3. The molecule has 1 aromatic carbocycles. The van der Waals surface area contributed by atoms with Gasteiger partial charge in [-0.1, -0.05) is 11.6 Å². The molecule has 35 heavy (non-hydrogen) atoms. The van der Waals surface area contributed by atoms with E-state index in [1.807, 2.05) is 10.6 Å². The van der Waals surface area contributed by atoms with E-state index in [-0.39, 0.29) is 35.5 Å². The number of benzene rings is 1. The number of rotatable bonds is 5. The van der Waals surface area contributed by atoms with Crippen LogP contribution in [-0.4, -0.2) is 53.3 Å². The number of nitrogens with one attached hydrogen (secondary N) is 1. The molecule has 3 aliphatic heterocycles. The number of likely N-dealkylation sites (tertiary alicyclic amines) is 1. The highest BCUT2D eigenvalue weighted by Crippen LogP contribution is 2.37. The smallest absolute Gasteiger partial charge is 0.251 e. The van der Waals surface area contributed by atoms with Crippen molar-refractivity contribution in [2.24, 2.45) is 0 Å². The number of piperidine rings is 1. The van der Waals surface area contributed by atoms with Gasteiger partial charge in [0.15, 0.2) is 17.3 Å². The summed E-state index contributed by atoms with van der Waals surface area (Å²) >= 11 is 6.53. The first-order valence-corrected chi connectivity index (χ1v) is 12.2. The third-order valence-electron chi connectivity index (χ3n) is 7.12. The van der Waals surface area contributed by atoms with Crippen molar-refractivity contribution in [2.45, 2.75) is 37.9 Å². The molecule has 1 fully saturated rings. The number of aromatic nitrogens is 2. The fourth-order valence-corrected chi connectivity index (χ4v) is 5.75. The Morgan fingerprint density at radius 2 is 1.97 bits per heavy atom. The van der Waals surface area contributed by atoms with Crippen LogP contribution in [0.5, 0.6) is 11.5 Å². The van der Waals surface area contributed by atoms with Crippen molar-refractivity contribution in [3.8, 4) is 11.5 Å². The van der Waals surface area contributed by atoms with Gasteiger partial charge in [-0.3, -0.25) is 9.78 Å². The highest BCUT2D eigenvalue weighted by Gasteiger charge is 2.31. The maximum absolute atomic E-state index is 14.3. The van der Waals surface area contributed by atoms with E-state index in [2.05, 4.69) is 15.2 Å². The summed E-state index contributed by atoms with van der Waals surface area (Å²) < 4.78 is 27.0. The molecule has 0 amide bonds. The first-order chi connectivity index (χ1) is 16.6. The molecule has 6 rings (SSSR count). The molecule has 5 heterocycles. The molecule has 186 valence electrons. The zero-order valence-electron chi connectivity index (χ0n) is 19.1. The summed E-state index contributed by atoms with van der Waals surface area (Å²) in [7, 11) is 0. The van der Waals surface area contributed by atoms with Gasteiger partial charge in [0.2, 0.25) is 0 Å². The minimum Gasteiger partial charge on any atom is -0.486 e. The average Bonchev–Trinajstić information content (AvgIpc) is 3.24. The van der Waals surface area contributed by atoms with E-state index in [9.17, 15) is 9.18 Å². The number of pyridine rings is 2. The molecule has 3 aromatic rings. The van der Waals surface area contributed by atoms with Crippen LogP contribution in [0.4, 0.5) is 4.39 Å². The lowest BCUT2D eigenvalue weighted by Gasteiger charge is -2.34. The Kier molecular flexibility index (Phi) is 6.90. The SMILES string of the molecule is Cl.O=c1ccc2ncc(Cl)c3c2n1CC3CN1CCC(NCc2cc(F)c3c(c2)OCCO3)CC1. The predicted molar refractivity (Wildman–Crippen MR) is 135 cm³/mol. The topological polar surface area (TPSA) is 68.6 Å². The minimum absolute atomic E-state index is 0. The molecule has 0 saturated carbocycles. The molecule has 1 atom stereocenters. The predicted octanol–water partition coefficient (Wildman–Crippen LogP) is 3.73. The number of fused-ring (bicyclic) bond motifs is 1. The Morgan fingerprint density at radius 3 is 2.80 bits per heavy atom. The average molecular weight is 521 g/mol. The third-order valence-corrected chi connectivity index (χ3v) is 7.42. The summed E-state index contributed by atoms with van der Waals surface area (Å²) in [5.74, 6) is 0.507. The number of hydrogen-bond donors (Lipinski definition) is 1. The maximum atomic E-state index is 14.3. The number of hydrogen-bond acceptors (Lipinski definition) is 6. The number of nitrogens with zero attached hydrogens (tertiary/aromatic N) is 3. The largest absolute Gasteiger partial charge is 0.486 e. The molecule has 7 nitrogen and oxygen atoms in total. The third kappa shape index (κ3) is 4.60. The molecule has 0 radical (unpaired) electrons. The Balaban J connectivity index is 0.00000253. The Bertz CT molecular complexity index is 1310. The highest BCUT2D eigenvalue weighted by molar-refractivity contribution is 6.32. The van der Waals surface area contributed by atoms with E-state index in [1.54, 1.807) is 18.3 Å². The molecule has 0 spiro atoms. The quantitative estimate of drug-likeness (QED) is 0.552. The van der Waals surface area contributed by atoms with Crippen molar-refractivity contribution >= 4 is 35.0 Å². The van der Waals surface area contributed by atoms with E-state index in [1.165, 1.54) is 6.07 Å². The van der Waals surface area contributed by atoms with Gasteiger partial charge in [-0.15, -0.1) is 12.4 Å². The summed E-state index contributed by atoms with van der Waals surface area (Å²) in [6, 6.07) is 7.11. The van der Waals surface area contributed by atoms with Crippen LogP contribution in [0.2, 0.25) is 5.02 Å². The minimum atomic E-state index is -0.371. The van der Waals surface area contributed by atoms with Gasteiger partial charge in [0, 0.05) is 49.4 Å².